The summed E-state index contributed by atoms with van der Waals surface area (Å²) in [5.41, 5.74) is 5.47. The molecule has 7 heteroatoms. The Kier molecular flexibility index (Phi) is 5.58. The summed E-state index contributed by atoms with van der Waals surface area (Å²) < 4.78 is 2.98. The number of anilines is 1. The van der Waals surface area contributed by atoms with Crippen molar-refractivity contribution < 1.29 is 4.79 Å². The van der Waals surface area contributed by atoms with E-state index in [4.69, 9.17) is 4.98 Å². The van der Waals surface area contributed by atoms with Crippen molar-refractivity contribution >= 4 is 38.2 Å². The first-order valence-electron chi connectivity index (χ1n) is 10.1. The quantitative estimate of drug-likeness (QED) is 0.461. The molecule has 0 fully saturated rings. The van der Waals surface area contributed by atoms with Gasteiger partial charge >= 0.3 is 0 Å². The van der Waals surface area contributed by atoms with Crippen LogP contribution in [-0.2, 0) is 0 Å². The van der Waals surface area contributed by atoms with E-state index in [0.29, 0.717) is 12.2 Å². The first-order chi connectivity index (χ1) is 14.4. The summed E-state index contributed by atoms with van der Waals surface area (Å²) in [6, 6.07) is 9.99. The van der Waals surface area contributed by atoms with E-state index in [-0.39, 0.29) is 5.91 Å². The monoisotopic (exact) mass is 421 g/mol. The third-order valence-corrected chi connectivity index (χ3v) is 6.49. The Balaban J connectivity index is 1.79. The number of pyridine rings is 1. The molecule has 1 amide bonds. The van der Waals surface area contributed by atoms with Gasteiger partial charge in [0.15, 0.2) is 5.13 Å². The predicted octanol–water partition coefficient (Wildman–Crippen LogP) is 4.47. The zero-order valence-electron chi connectivity index (χ0n) is 18.1. The standard InChI is InChI=1S/C23H27N5OS/c1-15-10-11-18-20(16(15)2)25-23(30-18)28(14-8-12-26(4)5)22(29)21-17(3)24-19-9-6-7-13-27(19)21/h6-7,9-11,13H,8,12,14H2,1-5H3. The van der Waals surface area contributed by atoms with Gasteiger partial charge in [0.1, 0.15) is 11.3 Å². The zero-order chi connectivity index (χ0) is 21.4. The van der Waals surface area contributed by atoms with Gasteiger partial charge in [-0.1, -0.05) is 23.5 Å². The molecule has 0 atom stereocenters. The molecule has 0 aliphatic carbocycles. The number of hydrogen-bond donors (Lipinski definition) is 0. The van der Waals surface area contributed by atoms with E-state index in [1.807, 2.05) is 54.7 Å². The van der Waals surface area contributed by atoms with E-state index in [2.05, 4.69) is 35.9 Å². The van der Waals surface area contributed by atoms with E-state index in [1.54, 1.807) is 11.3 Å². The largest absolute Gasteiger partial charge is 0.309 e. The molecule has 4 aromatic rings. The highest BCUT2D eigenvalue weighted by molar-refractivity contribution is 7.22. The van der Waals surface area contributed by atoms with Gasteiger partial charge in [0.05, 0.1) is 15.9 Å². The Morgan fingerprint density at radius 1 is 1.07 bits per heavy atom. The molecule has 30 heavy (non-hydrogen) atoms. The predicted molar refractivity (Wildman–Crippen MR) is 124 cm³/mol. The molecular weight excluding hydrogens is 394 g/mol. The van der Waals surface area contributed by atoms with E-state index in [1.165, 1.54) is 11.1 Å². The van der Waals surface area contributed by atoms with Crippen molar-refractivity contribution in [1.82, 2.24) is 19.3 Å². The number of hydrogen-bond acceptors (Lipinski definition) is 5. The minimum Gasteiger partial charge on any atom is -0.309 e. The fourth-order valence-electron chi connectivity index (χ4n) is 3.66. The summed E-state index contributed by atoms with van der Waals surface area (Å²) in [4.78, 5) is 27.2. The lowest BCUT2D eigenvalue weighted by molar-refractivity contribution is 0.0979. The van der Waals surface area contributed by atoms with Crippen molar-refractivity contribution in [1.29, 1.82) is 0 Å². The zero-order valence-corrected chi connectivity index (χ0v) is 19.0. The smallest absolute Gasteiger partial charge is 0.278 e. The Morgan fingerprint density at radius 2 is 1.87 bits per heavy atom. The first-order valence-corrected chi connectivity index (χ1v) is 11.0. The van der Waals surface area contributed by atoms with Crippen molar-refractivity contribution in [3.05, 3.63) is 59.0 Å². The number of aryl methyl sites for hydroxylation is 3. The molecule has 4 rings (SSSR count). The molecule has 0 spiro atoms. The van der Waals surface area contributed by atoms with Crippen LogP contribution in [0.3, 0.4) is 0 Å². The van der Waals surface area contributed by atoms with Gasteiger partial charge in [0.25, 0.3) is 5.91 Å². The van der Waals surface area contributed by atoms with Crippen LogP contribution in [0.4, 0.5) is 5.13 Å². The van der Waals surface area contributed by atoms with Crippen LogP contribution in [0.25, 0.3) is 15.9 Å². The van der Waals surface area contributed by atoms with Crippen LogP contribution < -0.4 is 4.90 Å². The summed E-state index contributed by atoms with van der Waals surface area (Å²) in [7, 11) is 4.09. The summed E-state index contributed by atoms with van der Waals surface area (Å²) in [6.45, 7) is 7.58. The van der Waals surface area contributed by atoms with E-state index < -0.39 is 0 Å². The highest BCUT2D eigenvalue weighted by Crippen LogP contribution is 2.33. The van der Waals surface area contributed by atoms with Crippen molar-refractivity contribution in [2.24, 2.45) is 0 Å². The average molecular weight is 422 g/mol. The van der Waals surface area contributed by atoms with E-state index in [0.717, 1.165) is 39.7 Å². The summed E-state index contributed by atoms with van der Waals surface area (Å²) >= 11 is 1.57. The minimum absolute atomic E-state index is 0.0570. The second-order valence-electron chi connectivity index (χ2n) is 7.94. The normalized spacial score (nSPS) is 11.7. The molecule has 0 bridgehead atoms. The number of aromatic nitrogens is 3. The van der Waals surface area contributed by atoms with Gasteiger partial charge in [0, 0.05) is 12.7 Å². The van der Waals surface area contributed by atoms with Crippen LogP contribution in [0, 0.1) is 20.8 Å². The lowest BCUT2D eigenvalue weighted by Gasteiger charge is -2.21. The Morgan fingerprint density at radius 3 is 2.63 bits per heavy atom. The van der Waals surface area contributed by atoms with E-state index in [9.17, 15) is 4.79 Å². The molecule has 3 heterocycles. The van der Waals surface area contributed by atoms with Gasteiger partial charge in [-0.3, -0.25) is 14.1 Å². The van der Waals surface area contributed by atoms with Gasteiger partial charge in [-0.15, -0.1) is 0 Å². The first kappa shape index (κ1) is 20.5. The number of rotatable bonds is 6. The number of thiazole rings is 1. The number of imidazole rings is 1. The van der Waals surface area contributed by atoms with Crippen LogP contribution in [0.1, 0.15) is 33.7 Å². The maximum absolute atomic E-state index is 13.8. The molecule has 0 N–H and O–H groups in total. The van der Waals surface area contributed by atoms with Gasteiger partial charge in [-0.25, -0.2) is 9.97 Å². The number of fused-ring (bicyclic) bond motifs is 2. The number of amides is 1. The van der Waals surface area contributed by atoms with Crippen LogP contribution in [0.15, 0.2) is 36.5 Å². The summed E-state index contributed by atoms with van der Waals surface area (Å²) in [6.07, 6.45) is 2.76. The van der Waals surface area contributed by atoms with E-state index >= 15 is 0 Å². The van der Waals surface area contributed by atoms with Gasteiger partial charge < -0.3 is 4.90 Å². The second kappa shape index (κ2) is 8.16. The molecule has 0 saturated carbocycles. The third kappa shape index (κ3) is 3.70. The lowest BCUT2D eigenvalue weighted by atomic mass is 10.1. The SMILES string of the molecule is Cc1ccc2sc(N(CCCN(C)C)C(=O)c3c(C)nc4ccccn34)nc2c1C. The number of carbonyl (C=O) groups is 1. The molecule has 0 aliphatic rings. The minimum atomic E-state index is -0.0570. The molecule has 6 nitrogen and oxygen atoms in total. The Hall–Kier alpha value is -2.77. The van der Waals surface area contributed by atoms with Crippen molar-refractivity contribution in [3.63, 3.8) is 0 Å². The molecule has 0 saturated heterocycles. The summed E-state index contributed by atoms with van der Waals surface area (Å²) in [5.74, 6) is -0.0570. The van der Waals surface area contributed by atoms with Crippen molar-refractivity contribution in [2.75, 3.05) is 32.1 Å². The highest BCUT2D eigenvalue weighted by atomic mass is 32.1. The fraction of sp³-hybridized carbons (Fsp3) is 0.348. The molecule has 0 aliphatic heterocycles. The molecule has 156 valence electrons. The fourth-order valence-corrected chi connectivity index (χ4v) is 4.71. The lowest BCUT2D eigenvalue weighted by Crippen LogP contribution is -2.34. The number of benzene rings is 1. The topological polar surface area (TPSA) is 53.7 Å². The van der Waals surface area contributed by atoms with Gasteiger partial charge in [-0.05, 0) is 77.2 Å². The molecule has 0 radical (unpaired) electrons. The molecule has 3 aromatic heterocycles. The van der Waals surface area contributed by atoms with Crippen LogP contribution in [-0.4, -0.2) is 52.4 Å². The second-order valence-corrected chi connectivity index (χ2v) is 8.95. The number of nitrogens with zero attached hydrogens (tertiary/aromatic N) is 5. The summed E-state index contributed by atoms with van der Waals surface area (Å²) in [5, 5.41) is 0.743. The van der Waals surface area contributed by atoms with Crippen molar-refractivity contribution in [3.8, 4) is 0 Å². The Labute approximate surface area is 180 Å². The van der Waals surface area contributed by atoms with Gasteiger partial charge in [0.2, 0.25) is 0 Å². The van der Waals surface area contributed by atoms with Crippen LogP contribution in [0.5, 0.6) is 0 Å². The molecule has 0 unspecified atom stereocenters. The van der Waals surface area contributed by atoms with Gasteiger partial charge in [-0.2, -0.15) is 0 Å². The third-order valence-electron chi connectivity index (χ3n) is 5.44. The van der Waals surface area contributed by atoms with Crippen LogP contribution >= 0.6 is 11.3 Å². The van der Waals surface area contributed by atoms with Crippen molar-refractivity contribution in [2.45, 2.75) is 27.2 Å². The maximum atomic E-state index is 13.8. The molecule has 1 aromatic carbocycles. The highest BCUT2D eigenvalue weighted by Gasteiger charge is 2.26. The van der Waals surface area contributed by atoms with Crippen LogP contribution in [0.2, 0.25) is 0 Å². The number of carbonyl (C=O) groups excluding carboxylic acids is 1. The Bertz CT molecular complexity index is 1220. The maximum Gasteiger partial charge on any atom is 0.278 e. The average Bonchev–Trinajstić information content (AvgIpc) is 3.28. The molecular formula is C23H27N5OS.